The number of furan rings is 1. The van der Waals surface area contributed by atoms with Crippen molar-refractivity contribution in [2.24, 2.45) is 5.92 Å². The van der Waals surface area contributed by atoms with Crippen LogP contribution in [0.2, 0.25) is 0 Å². The maximum Gasteiger partial charge on any atom is 0.289 e. The minimum absolute atomic E-state index is 0.0576. The number of unbranched alkanes of at least 4 members (excludes halogenated alkanes) is 1. The summed E-state index contributed by atoms with van der Waals surface area (Å²) in [5.74, 6) is 1.64. The maximum absolute atomic E-state index is 12.7. The molecule has 6 heteroatoms. The number of hydrogen-bond donors (Lipinski definition) is 0. The van der Waals surface area contributed by atoms with Gasteiger partial charge in [0, 0.05) is 39.2 Å². The predicted octanol–water partition coefficient (Wildman–Crippen LogP) is 2.68. The summed E-state index contributed by atoms with van der Waals surface area (Å²) >= 11 is 0. The molecule has 2 amide bonds. The van der Waals surface area contributed by atoms with Crippen molar-refractivity contribution >= 4 is 11.8 Å². The average molecular weight is 348 g/mol. The fourth-order valence-electron chi connectivity index (χ4n) is 4.02. The molecule has 2 atom stereocenters. The Morgan fingerprint density at radius 2 is 2.20 bits per heavy atom. The molecule has 138 valence electrons. The van der Waals surface area contributed by atoms with Gasteiger partial charge >= 0.3 is 0 Å². The second-order valence-corrected chi connectivity index (χ2v) is 7.05. The predicted molar refractivity (Wildman–Crippen MR) is 93.1 cm³/mol. The molecule has 0 radical (unpaired) electrons. The molecule has 0 saturated carbocycles. The van der Waals surface area contributed by atoms with Gasteiger partial charge in [-0.2, -0.15) is 0 Å². The van der Waals surface area contributed by atoms with Crippen molar-refractivity contribution in [3.63, 3.8) is 0 Å². The minimum atomic E-state index is -0.0576. The van der Waals surface area contributed by atoms with E-state index in [2.05, 4.69) is 11.8 Å². The van der Waals surface area contributed by atoms with Crippen LogP contribution in [0, 0.1) is 5.92 Å². The number of fused-ring (bicyclic) bond motifs is 1. The molecule has 2 saturated heterocycles. The van der Waals surface area contributed by atoms with E-state index >= 15 is 0 Å². The van der Waals surface area contributed by atoms with E-state index in [4.69, 9.17) is 9.15 Å². The number of hydrogen-bond acceptors (Lipinski definition) is 4. The minimum Gasteiger partial charge on any atom is -0.453 e. The Kier molecular flexibility index (Phi) is 5.78. The molecule has 0 spiro atoms. The number of ether oxygens (including phenoxy) is 1. The third-order valence-electron chi connectivity index (χ3n) is 5.34. The molecule has 1 aromatic heterocycles. The highest BCUT2D eigenvalue weighted by Crippen LogP contribution is 2.32. The van der Waals surface area contributed by atoms with Crippen LogP contribution >= 0.6 is 0 Å². The van der Waals surface area contributed by atoms with Gasteiger partial charge in [0.2, 0.25) is 5.91 Å². The normalized spacial score (nSPS) is 23.7. The Morgan fingerprint density at radius 1 is 1.36 bits per heavy atom. The molecule has 3 rings (SSSR count). The first kappa shape index (κ1) is 18.0. The van der Waals surface area contributed by atoms with Gasteiger partial charge in [-0.3, -0.25) is 9.59 Å². The molecule has 1 aromatic rings. The highest BCUT2D eigenvalue weighted by Gasteiger charge is 2.40. The lowest BCUT2D eigenvalue weighted by atomic mass is 9.83. The summed E-state index contributed by atoms with van der Waals surface area (Å²) < 4.78 is 10.6. The fraction of sp³-hybridized carbons (Fsp3) is 0.684. The first-order valence-corrected chi connectivity index (χ1v) is 9.30. The molecule has 6 nitrogen and oxygen atoms in total. The molecular formula is C19H28N2O4. The SMILES string of the molecule is CCCCN1C(=O)CC[C@H]2CN(C(=O)c3ccc(COC)o3)CC[C@H]21. The zero-order valence-corrected chi connectivity index (χ0v) is 15.2. The second-order valence-electron chi connectivity index (χ2n) is 7.05. The number of rotatable bonds is 6. The van der Waals surface area contributed by atoms with Gasteiger partial charge in [-0.1, -0.05) is 13.3 Å². The van der Waals surface area contributed by atoms with Gasteiger partial charge < -0.3 is 19.0 Å². The Balaban J connectivity index is 1.64. The Bertz CT molecular complexity index is 612. The third kappa shape index (κ3) is 3.89. The standard InChI is InChI=1S/C19H28N2O4/c1-3-4-10-21-16-9-11-20(12-14(16)5-8-18(21)22)19(23)17-7-6-15(25-17)13-24-2/h6-7,14,16H,3-5,8-13H2,1-2H3/t14-,16+/m0/s1. The van der Waals surface area contributed by atoms with Gasteiger partial charge in [-0.15, -0.1) is 0 Å². The zero-order chi connectivity index (χ0) is 17.8. The summed E-state index contributed by atoms with van der Waals surface area (Å²) in [4.78, 5) is 28.9. The summed E-state index contributed by atoms with van der Waals surface area (Å²) in [6, 6.07) is 3.80. The molecule has 2 aliphatic heterocycles. The van der Waals surface area contributed by atoms with Crippen molar-refractivity contribution in [2.75, 3.05) is 26.7 Å². The topological polar surface area (TPSA) is 63.0 Å². The van der Waals surface area contributed by atoms with E-state index in [0.717, 1.165) is 32.2 Å². The summed E-state index contributed by atoms with van der Waals surface area (Å²) in [5, 5.41) is 0. The number of likely N-dealkylation sites (tertiary alicyclic amines) is 2. The van der Waals surface area contributed by atoms with Gasteiger partial charge in [-0.05, 0) is 37.3 Å². The van der Waals surface area contributed by atoms with E-state index in [1.807, 2.05) is 4.90 Å². The highest BCUT2D eigenvalue weighted by atomic mass is 16.5. The van der Waals surface area contributed by atoms with Crippen molar-refractivity contribution in [3.8, 4) is 0 Å². The number of carbonyl (C=O) groups is 2. The molecule has 0 aliphatic carbocycles. The van der Waals surface area contributed by atoms with Crippen molar-refractivity contribution in [1.29, 1.82) is 0 Å². The monoisotopic (exact) mass is 348 g/mol. The van der Waals surface area contributed by atoms with E-state index < -0.39 is 0 Å². The number of carbonyl (C=O) groups excluding carboxylic acids is 2. The van der Waals surface area contributed by atoms with Crippen LogP contribution in [-0.2, 0) is 16.1 Å². The van der Waals surface area contributed by atoms with E-state index in [-0.39, 0.29) is 17.9 Å². The molecule has 0 N–H and O–H groups in total. The number of nitrogens with zero attached hydrogens (tertiary/aromatic N) is 2. The number of piperidine rings is 2. The average Bonchev–Trinajstić information content (AvgIpc) is 3.09. The van der Waals surface area contributed by atoms with Crippen LogP contribution in [0.3, 0.4) is 0 Å². The number of methoxy groups -OCH3 is 1. The molecule has 3 heterocycles. The molecule has 0 unspecified atom stereocenters. The second kappa shape index (κ2) is 8.04. The van der Waals surface area contributed by atoms with Crippen LogP contribution in [0.15, 0.2) is 16.5 Å². The van der Waals surface area contributed by atoms with Crippen LogP contribution in [0.5, 0.6) is 0 Å². The van der Waals surface area contributed by atoms with E-state index in [9.17, 15) is 9.59 Å². The largest absolute Gasteiger partial charge is 0.453 e. The third-order valence-corrected chi connectivity index (χ3v) is 5.34. The van der Waals surface area contributed by atoms with E-state index in [1.54, 1.807) is 19.2 Å². The quantitative estimate of drug-likeness (QED) is 0.793. The zero-order valence-electron chi connectivity index (χ0n) is 15.2. The smallest absolute Gasteiger partial charge is 0.289 e. The maximum atomic E-state index is 12.7. The van der Waals surface area contributed by atoms with Gasteiger partial charge in [0.05, 0.1) is 0 Å². The van der Waals surface area contributed by atoms with E-state index in [0.29, 0.717) is 43.6 Å². The Labute approximate surface area is 149 Å². The van der Waals surface area contributed by atoms with Crippen molar-refractivity contribution in [1.82, 2.24) is 9.80 Å². The summed E-state index contributed by atoms with van der Waals surface area (Å²) in [7, 11) is 1.60. The molecule has 0 bridgehead atoms. The lowest BCUT2D eigenvalue weighted by Gasteiger charge is -2.47. The first-order chi connectivity index (χ1) is 12.1. The molecule has 25 heavy (non-hydrogen) atoms. The Morgan fingerprint density at radius 3 is 2.96 bits per heavy atom. The van der Waals surface area contributed by atoms with Crippen LogP contribution in [0.4, 0.5) is 0 Å². The van der Waals surface area contributed by atoms with E-state index in [1.165, 1.54) is 0 Å². The summed E-state index contributed by atoms with van der Waals surface area (Å²) in [5.41, 5.74) is 0. The summed E-state index contributed by atoms with van der Waals surface area (Å²) in [6.07, 6.45) is 4.48. The van der Waals surface area contributed by atoms with Crippen LogP contribution < -0.4 is 0 Å². The summed E-state index contributed by atoms with van der Waals surface area (Å²) in [6.45, 7) is 4.75. The molecule has 0 aromatic carbocycles. The highest BCUT2D eigenvalue weighted by molar-refractivity contribution is 5.91. The fourth-order valence-corrected chi connectivity index (χ4v) is 4.02. The van der Waals surface area contributed by atoms with Gasteiger partial charge in [0.15, 0.2) is 5.76 Å². The molecule has 2 fully saturated rings. The van der Waals surface area contributed by atoms with Crippen molar-refractivity contribution < 1.29 is 18.7 Å². The first-order valence-electron chi connectivity index (χ1n) is 9.30. The molecule has 2 aliphatic rings. The van der Waals surface area contributed by atoms with Crippen LogP contribution in [-0.4, -0.2) is 54.4 Å². The van der Waals surface area contributed by atoms with Gasteiger partial charge in [-0.25, -0.2) is 0 Å². The lowest BCUT2D eigenvalue weighted by molar-refractivity contribution is -0.140. The molecular weight excluding hydrogens is 320 g/mol. The van der Waals surface area contributed by atoms with Gasteiger partial charge in [0.1, 0.15) is 12.4 Å². The Hall–Kier alpha value is -1.82. The lowest BCUT2D eigenvalue weighted by Crippen LogP contribution is -2.57. The van der Waals surface area contributed by atoms with Crippen LogP contribution in [0.25, 0.3) is 0 Å². The van der Waals surface area contributed by atoms with Crippen molar-refractivity contribution in [3.05, 3.63) is 23.7 Å². The van der Waals surface area contributed by atoms with Gasteiger partial charge in [0.25, 0.3) is 5.91 Å². The number of amides is 2. The van der Waals surface area contributed by atoms with Crippen molar-refractivity contribution in [2.45, 2.75) is 51.7 Å². The van der Waals surface area contributed by atoms with Crippen LogP contribution in [0.1, 0.15) is 55.3 Å².